The quantitative estimate of drug-likeness (QED) is 0.700. The molecule has 1 fully saturated rings. The lowest BCUT2D eigenvalue weighted by Crippen LogP contribution is -2.44. The summed E-state index contributed by atoms with van der Waals surface area (Å²) in [6.07, 6.45) is 2.34. The summed E-state index contributed by atoms with van der Waals surface area (Å²) < 4.78 is 5.50. The number of amides is 2. The van der Waals surface area contributed by atoms with Crippen LogP contribution < -0.4 is 10.1 Å². The van der Waals surface area contributed by atoms with Crippen LogP contribution in [0.5, 0.6) is 5.75 Å². The highest BCUT2D eigenvalue weighted by Crippen LogP contribution is 2.19. The zero-order valence-corrected chi connectivity index (χ0v) is 16.3. The molecule has 0 bridgehead atoms. The normalized spacial score (nSPS) is 15.2. The van der Waals surface area contributed by atoms with Gasteiger partial charge in [0.2, 0.25) is 5.91 Å². The number of hydrogen-bond acceptors (Lipinski definition) is 4. The molecule has 1 aliphatic heterocycles. The molecule has 2 amide bonds. The maximum Gasteiger partial charge on any atom is 0.260 e. The minimum atomic E-state index is -0.0511. The lowest BCUT2D eigenvalue weighted by atomic mass is 9.96. The van der Waals surface area contributed by atoms with Gasteiger partial charge in [-0.1, -0.05) is 11.6 Å². The van der Waals surface area contributed by atoms with Crippen LogP contribution in [0.2, 0.25) is 5.02 Å². The number of carbonyl (C=O) groups is 2. The Kier molecular flexibility index (Phi) is 8.19. The number of halogens is 1. The van der Waals surface area contributed by atoms with E-state index in [1.807, 2.05) is 14.1 Å². The van der Waals surface area contributed by atoms with E-state index in [-0.39, 0.29) is 24.3 Å². The summed E-state index contributed by atoms with van der Waals surface area (Å²) in [5.74, 6) is 0.670. The van der Waals surface area contributed by atoms with Crippen LogP contribution in [0.3, 0.4) is 0 Å². The molecule has 1 N–H and O–H groups in total. The Balaban J connectivity index is 1.66. The molecule has 7 heteroatoms. The second-order valence-electron chi connectivity index (χ2n) is 6.85. The topological polar surface area (TPSA) is 61.9 Å². The number of piperidine rings is 1. The molecule has 26 heavy (non-hydrogen) atoms. The smallest absolute Gasteiger partial charge is 0.260 e. The maximum atomic E-state index is 12.3. The zero-order valence-electron chi connectivity index (χ0n) is 15.5. The van der Waals surface area contributed by atoms with Crippen molar-refractivity contribution in [2.75, 3.05) is 46.9 Å². The van der Waals surface area contributed by atoms with Gasteiger partial charge in [0.15, 0.2) is 6.61 Å². The molecule has 1 saturated heterocycles. The van der Waals surface area contributed by atoms with Gasteiger partial charge < -0.3 is 19.9 Å². The van der Waals surface area contributed by atoms with Gasteiger partial charge in [0.05, 0.1) is 0 Å². The summed E-state index contributed by atoms with van der Waals surface area (Å²) in [5, 5.41) is 3.63. The molecular formula is C19H28ClN3O3. The van der Waals surface area contributed by atoms with Crippen LogP contribution in [0, 0.1) is 5.92 Å². The van der Waals surface area contributed by atoms with Gasteiger partial charge >= 0.3 is 0 Å². The van der Waals surface area contributed by atoms with Crippen LogP contribution in [0.1, 0.15) is 19.3 Å². The first-order chi connectivity index (χ1) is 12.5. The van der Waals surface area contributed by atoms with Gasteiger partial charge in [0.1, 0.15) is 5.75 Å². The third-order valence-electron chi connectivity index (χ3n) is 4.48. The van der Waals surface area contributed by atoms with Crippen LogP contribution in [0.4, 0.5) is 0 Å². The van der Waals surface area contributed by atoms with Gasteiger partial charge in [0.25, 0.3) is 5.91 Å². The predicted octanol–water partition coefficient (Wildman–Crippen LogP) is 2.03. The van der Waals surface area contributed by atoms with Gasteiger partial charge in [-0.3, -0.25) is 9.59 Å². The monoisotopic (exact) mass is 381 g/mol. The first kappa shape index (κ1) is 20.5. The van der Waals surface area contributed by atoms with Crippen LogP contribution in [-0.4, -0.2) is 68.5 Å². The third kappa shape index (κ3) is 6.84. The number of ether oxygens (including phenoxy) is 1. The Morgan fingerprint density at radius 1 is 1.23 bits per heavy atom. The number of rotatable bonds is 8. The number of nitrogens with one attached hydrogen (secondary N) is 1. The van der Waals surface area contributed by atoms with Gasteiger partial charge in [-0.2, -0.15) is 0 Å². The molecule has 0 spiro atoms. The molecule has 1 heterocycles. The van der Waals surface area contributed by atoms with E-state index < -0.39 is 0 Å². The highest BCUT2D eigenvalue weighted by atomic mass is 35.5. The second kappa shape index (κ2) is 10.4. The fourth-order valence-corrected chi connectivity index (χ4v) is 3.04. The Hall–Kier alpha value is -1.79. The van der Waals surface area contributed by atoms with E-state index in [0.29, 0.717) is 43.2 Å². The molecule has 0 atom stereocenters. The molecule has 2 rings (SSSR count). The van der Waals surface area contributed by atoms with Crippen molar-refractivity contribution in [3.63, 3.8) is 0 Å². The Labute approximate surface area is 160 Å². The Bertz CT molecular complexity index is 584. The second-order valence-corrected chi connectivity index (χ2v) is 7.28. The molecule has 1 aromatic rings. The highest BCUT2D eigenvalue weighted by molar-refractivity contribution is 6.30. The Morgan fingerprint density at radius 2 is 1.88 bits per heavy atom. The van der Waals surface area contributed by atoms with E-state index in [0.717, 1.165) is 13.0 Å². The van der Waals surface area contributed by atoms with Crippen molar-refractivity contribution >= 4 is 23.4 Å². The standard InChI is InChI=1S/C19H28ClN3O3/c1-22(2)11-3-10-21-19(25)15-8-12-23(13-9-15)18(24)14-26-17-6-4-16(20)5-7-17/h4-7,15H,3,8-14H2,1-2H3,(H,21,25). The number of likely N-dealkylation sites (tertiary alicyclic amines) is 1. The summed E-state index contributed by atoms with van der Waals surface area (Å²) in [6, 6.07) is 6.93. The zero-order chi connectivity index (χ0) is 18.9. The lowest BCUT2D eigenvalue weighted by Gasteiger charge is -2.31. The maximum absolute atomic E-state index is 12.3. The number of carbonyl (C=O) groups excluding carboxylic acids is 2. The van der Waals surface area contributed by atoms with Crippen molar-refractivity contribution in [1.82, 2.24) is 15.1 Å². The molecule has 0 aromatic heterocycles. The summed E-state index contributed by atoms with van der Waals surface area (Å²) in [7, 11) is 4.04. The van der Waals surface area contributed by atoms with Crippen LogP contribution in [-0.2, 0) is 9.59 Å². The molecule has 0 aliphatic carbocycles. The molecule has 0 radical (unpaired) electrons. The van der Waals surface area contributed by atoms with E-state index in [1.54, 1.807) is 29.2 Å². The summed E-state index contributed by atoms with van der Waals surface area (Å²) in [6.45, 7) is 2.85. The molecule has 0 unspecified atom stereocenters. The number of benzene rings is 1. The van der Waals surface area contributed by atoms with E-state index >= 15 is 0 Å². The Morgan fingerprint density at radius 3 is 2.50 bits per heavy atom. The minimum Gasteiger partial charge on any atom is -0.484 e. The molecule has 1 aliphatic rings. The molecule has 0 saturated carbocycles. The van der Waals surface area contributed by atoms with Gasteiger partial charge in [-0.15, -0.1) is 0 Å². The van der Waals surface area contributed by atoms with Crippen LogP contribution in [0.15, 0.2) is 24.3 Å². The highest BCUT2D eigenvalue weighted by Gasteiger charge is 2.27. The predicted molar refractivity (Wildman–Crippen MR) is 102 cm³/mol. The first-order valence-corrected chi connectivity index (χ1v) is 9.42. The molecular weight excluding hydrogens is 354 g/mol. The van der Waals surface area contributed by atoms with E-state index in [4.69, 9.17) is 16.3 Å². The van der Waals surface area contributed by atoms with Crippen LogP contribution in [0.25, 0.3) is 0 Å². The van der Waals surface area contributed by atoms with Gasteiger partial charge in [-0.25, -0.2) is 0 Å². The third-order valence-corrected chi connectivity index (χ3v) is 4.73. The first-order valence-electron chi connectivity index (χ1n) is 9.04. The average molecular weight is 382 g/mol. The van der Waals surface area contributed by atoms with E-state index in [1.165, 1.54) is 0 Å². The SMILES string of the molecule is CN(C)CCCNC(=O)C1CCN(C(=O)COc2ccc(Cl)cc2)CC1. The van der Waals surface area contributed by atoms with Crippen molar-refractivity contribution in [3.05, 3.63) is 29.3 Å². The summed E-state index contributed by atoms with van der Waals surface area (Å²) in [5.41, 5.74) is 0. The molecule has 6 nitrogen and oxygen atoms in total. The largest absolute Gasteiger partial charge is 0.484 e. The summed E-state index contributed by atoms with van der Waals surface area (Å²) >= 11 is 5.82. The minimum absolute atomic E-state index is 0.00301. The van der Waals surface area contributed by atoms with Crippen molar-refractivity contribution in [1.29, 1.82) is 0 Å². The van der Waals surface area contributed by atoms with Crippen molar-refractivity contribution in [2.45, 2.75) is 19.3 Å². The molecule has 1 aromatic carbocycles. The fourth-order valence-electron chi connectivity index (χ4n) is 2.91. The summed E-state index contributed by atoms with van der Waals surface area (Å²) in [4.78, 5) is 28.3. The van der Waals surface area contributed by atoms with E-state index in [2.05, 4.69) is 10.2 Å². The van der Waals surface area contributed by atoms with E-state index in [9.17, 15) is 9.59 Å². The lowest BCUT2D eigenvalue weighted by molar-refractivity contribution is -0.137. The molecule has 144 valence electrons. The van der Waals surface area contributed by atoms with Crippen molar-refractivity contribution < 1.29 is 14.3 Å². The number of nitrogens with zero attached hydrogens (tertiary/aromatic N) is 2. The van der Waals surface area contributed by atoms with Crippen molar-refractivity contribution in [2.24, 2.45) is 5.92 Å². The van der Waals surface area contributed by atoms with Crippen LogP contribution >= 0.6 is 11.6 Å². The van der Waals surface area contributed by atoms with Gasteiger partial charge in [-0.05, 0) is 64.2 Å². The fraction of sp³-hybridized carbons (Fsp3) is 0.579. The van der Waals surface area contributed by atoms with Gasteiger partial charge in [0, 0.05) is 30.6 Å². The number of hydrogen-bond donors (Lipinski definition) is 1. The average Bonchev–Trinajstić information content (AvgIpc) is 2.64. The van der Waals surface area contributed by atoms with Crippen molar-refractivity contribution in [3.8, 4) is 5.75 Å².